The second-order valence-electron chi connectivity index (χ2n) is 12.6. The molecule has 1 saturated carbocycles. The van der Waals surface area contributed by atoms with Crippen LogP contribution in [0.2, 0.25) is 0 Å². The van der Waals surface area contributed by atoms with E-state index < -0.39 is 0 Å². The van der Waals surface area contributed by atoms with Gasteiger partial charge in [0.2, 0.25) is 6.41 Å². The van der Waals surface area contributed by atoms with E-state index in [-0.39, 0.29) is 6.41 Å². The van der Waals surface area contributed by atoms with Crippen molar-refractivity contribution in [3.63, 3.8) is 0 Å². The lowest BCUT2D eigenvalue weighted by atomic mass is 9.99. The lowest BCUT2D eigenvalue weighted by Crippen LogP contribution is -2.29. The molecule has 1 aliphatic heterocycles. The van der Waals surface area contributed by atoms with Gasteiger partial charge in [0.25, 0.3) is 0 Å². The molecule has 2 heterocycles. The number of primary amides is 1. The van der Waals surface area contributed by atoms with Gasteiger partial charge in [-0.1, -0.05) is 116 Å². The highest BCUT2D eigenvalue weighted by molar-refractivity contribution is 6.11. The molecule has 1 aliphatic carbocycles. The van der Waals surface area contributed by atoms with Gasteiger partial charge < -0.3 is 16.2 Å². The van der Waals surface area contributed by atoms with Gasteiger partial charge in [-0.05, 0) is 98.0 Å². The first-order valence-corrected chi connectivity index (χ1v) is 18.9. The van der Waals surface area contributed by atoms with E-state index in [9.17, 15) is 0 Å². The summed E-state index contributed by atoms with van der Waals surface area (Å²) in [5.74, 6) is 1.35. The van der Waals surface area contributed by atoms with E-state index in [0.29, 0.717) is 18.0 Å². The van der Waals surface area contributed by atoms with Crippen LogP contribution < -0.4 is 11.5 Å². The largest absolute Gasteiger partial charge is 0.383 e. The van der Waals surface area contributed by atoms with E-state index in [4.69, 9.17) is 15.3 Å². The summed E-state index contributed by atoms with van der Waals surface area (Å²) in [6, 6.07) is 20.6. The minimum atomic E-state index is 0.250. The summed E-state index contributed by atoms with van der Waals surface area (Å²) in [7, 11) is 0. The highest BCUT2D eigenvalue weighted by atomic mass is 16.5. The molecule has 1 fully saturated rings. The Morgan fingerprint density at radius 3 is 2.00 bits per heavy atom. The van der Waals surface area contributed by atoms with E-state index in [2.05, 4.69) is 103 Å². The maximum atomic E-state index is 8.58. The van der Waals surface area contributed by atoms with Crippen LogP contribution in [0, 0.1) is 12.8 Å². The van der Waals surface area contributed by atoms with Crippen LogP contribution in [-0.2, 0) is 16.1 Å². The number of aromatic nitrogens is 1. The molecule has 50 heavy (non-hydrogen) atoms. The van der Waals surface area contributed by atoms with Crippen LogP contribution in [0.4, 0.5) is 5.82 Å². The van der Waals surface area contributed by atoms with Crippen LogP contribution in [-0.4, -0.2) is 48.2 Å². The van der Waals surface area contributed by atoms with Crippen molar-refractivity contribution in [3.8, 4) is 11.1 Å². The highest BCUT2D eigenvalue weighted by Gasteiger charge is 2.16. The van der Waals surface area contributed by atoms with Gasteiger partial charge in [-0.2, -0.15) is 0 Å². The summed E-state index contributed by atoms with van der Waals surface area (Å²) in [4.78, 5) is 19.4. The average Bonchev–Trinajstić information content (AvgIpc) is 3.89. The molecule has 3 aromatic rings. The molecule has 276 valence electrons. The Balaban J connectivity index is 0.000000516. The SMILES string of the molecule is CC.CC.CCCN(CCC(C)C)C(C)c1ccc(-c2ccc(COC3CCCC3)cc2)cc1.Cc1cc(C2=CCN=C2)cnc1N.NC=O. The smallest absolute Gasteiger partial charge is 0.204 e. The monoisotopic (exact) mass is 686 g/mol. The minimum Gasteiger partial charge on any atom is -0.383 e. The van der Waals surface area contributed by atoms with Crippen LogP contribution in [0.25, 0.3) is 16.7 Å². The third kappa shape index (κ3) is 15.8. The molecule has 7 heteroatoms. The first kappa shape index (κ1) is 44.2. The molecule has 1 unspecified atom stereocenters. The molecule has 1 atom stereocenters. The number of carbonyl (C=O) groups excluding carboxylic acids is 1. The molecule has 0 spiro atoms. The molecule has 5 rings (SSSR count). The Morgan fingerprint density at radius 1 is 0.920 bits per heavy atom. The fraction of sp³-hybridized carbons (Fsp3) is 0.512. The van der Waals surface area contributed by atoms with E-state index in [1.54, 1.807) is 6.20 Å². The van der Waals surface area contributed by atoms with Crippen LogP contribution >= 0.6 is 0 Å². The van der Waals surface area contributed by atoms with E-state index >= 15 is 0 Å². The maximum absolute atomic E-state index is 8.58. The number of aliphatic imine (C=N–C) groups is 1. The van der Waals surface area contributed by atoms with Crippen molar-refractivity contribution in [1.82, 2.24) is 9.88 Å². The zero-order chi connectivity index (χ0) is 37.3. The molecule has 1 amide bonds. The average molecular weight is 686 g/mol. The number of allylic oxidation sites excluding steroid dienone is 1. The number of nitrogens with zero attached hydrogens (tertiary/aromatic N) is 3. The van der Waals surface area contributed by atoms with E-state index in [1.807, 2.05) is 46.9 Å². The predicted molar refractivity (Wildman–Crippen MR) is 216 cm³/mol. The van der Waals surface area contributed by atoms with Crippen LogP contribution in [0.15, 0.2) is 71.9 Å². The Hall–Kier alpha value is -3.81. The topological polar surface area (TPSA) is 107 Å². The molecule has 7 nitrogen and oxygen atoms in total. The number of hydrogen-bond acceptors (Lipinski definition) is 6. The summed E-state index contributed by atoms with van der Waals surface area (Å²) in [5.41, 5.74) is 18.3. The Morgan fingerprint density at radius 2 is 1.50 bits per heavy atom. The maximum Gasteiger partial charge on any atom is 0.204 e. The molecule has 0 bridgehead atoms. The number of nitrogen functional groups attached to an aromatic ring is 1. The van der Waals surface area contributed by atoms with Crippen molar-refractivity contribution in [1.29, 1.82) is 0 Å². The van der Waals surface area contributed by atoms with Crippen molar-refractivity contribution >= 4 is 24.0 Å². The van der Waals surface area contributed by atoms with Gasteiger partial charge >= 0.3 is 0 Å². The normalized spacial score (nSPS) is 13.9. The van der Waals surface area contributed by atoms with Crippen molar-refractivity contribution in [2.75, 3.05) is 25.4 Å². The van der Waals surface area contributed by atoms with Crippen molar-refractivity contribution < 1.29 is 9.53 Å². The van der Waals surface area contributed by atoms with Gasteiger partial charge in [0.15, 0.2) is 0 Å². The summed E-state index contributed by atoms with van der Waals surface area (Å²) in [6.07, 6.45) is 14.0. The number of rotatable bonds is 12. The first-order chi connectivity index (χ1) is 24.2. The molecule has 0 saturated heterocycles. The summed E-state index contributed by atoms with van der Waals surface area (Å²) >= 11 is 0. The van der Waals surface area contributed by atoms with Gasteiger partial charge in [-0.25, -0.2) is 4.98 Å². The summed E-state index contributed by atoms with van der Waals surface area (Å²) in [5, 5.41) is 0. The molecule has 0 radical (unpaired) electrons. The van der Waals surface area contributed by atoms with Gasteiger partial charge in [-0.15, -0.1) is 0 Å². The Kier molecular flexibility index (Phi) is 23.0. The van der Waals surface area contributed by atoms with Crippen LogP contribution in [0.5, 0.6) is 0 Å². The summed E-state index contributed by atoms with van der Waals surface area (Å²) < 4.78 is 6.05. The fourth-order valence-corrected chi connectivity index (χ4v) is 5.73. The third-order valence-electron chi connectivity index (χ3n) is 8.62. The lowest BCUT2D eigenvalue weighted by Gasteiger charge is -2.30. The quantitative estimate of drug-likeness (QED) is 0.185. The standard InChI is InChI=1S/C28H41NO.C10H11N3.2C2H6.CH3NO/c1-5-19-29(20-18-22(2)3)23(4)25-14-16-27(17-15-25)26-12-10-24(11-13-26)21-30-28-8-6-7-9-28;1-7-4-9(6-13-10(7)11)8-2-3-12-5-8;2*1-2;2-1-3/h10-17,22-23,28H,5-9,18-21H2,1-4H3;2,4-6H,3H2,1H3,(H2,11,13);2*1-2H3;1H,(H2,2,3). The number of carbonyl (C=O) groups is 1. The van der Waals surface area contributed by atoms with Crippen molar-refractivity contribution in [3.05, 3.63) is 89.1 Å². The molecule has 1 aromatic heterocycles. The minimum absolute atomic E-state index is 0.250. The zero-order valence-electron chi connectivity index (χ0n) is 32.6. The first-order valence-electron chi connectivity index (χ1n) is 18.9. The molecule has 2 aromatic carbocycles. The number of pyridine rings is 1. The van der Waals surface area contributed by atoms with Crippen molar-refractivity contribution in [2.24, 2.45) is 16.6 Å². The van der Waals surface area contributed by atoms with Gasteiger partial charge in [0.1, 0.15) is 5.82 Å². The van der Waals surface area contributed by atoms with Crippen LogP contribution in [0.3, 0.4) is 0 Å². The highest BCUT2D eigenvalue weighted by Crippen LogP contribution is 2.27. The number of benzene rings is 2. The van der Waals surface area contributed by atoms with Crippen molar-refractivity contribution in [2.45, 2.75) is 120 Å². The number of ether oxygens (including phenoxy) is 1. The number of nitrogens with two attached hydrogens (primary N) is 2. The van der Waals surface area contributed by atoms with E-state index in [1.165, 1.54) is 73.9 Å². The lowest BCUT2D eigenvalue weighted by molar-refractivity contribution is -0.106. The number of amides is 1. The van der Waals surface area contributed by atoms with E-state index in [0.717, 1.165) is 35.8 Å². The Labute approximate surface area is 304 Å². The molecule has 2 aliphatic rings. The number of anilines is 1. The fourth-order valence-electron chi connectivity index (χ4n) is 5.73. The van der Waals surface area contributed by atoms with Gasteiger partial charge in [0, 0.05) is 24.0 Å². The summed E-state index contributed by atoms with van der Waals surface area (Å²) in [6.45, 7) is 23.1. The predicted octanol–water partition coefficient (Wildman–Crippen LogP) is 10.2. The number of hydrogen-bond donors (Lipinski definition) is 2. The molecular formula is C43H67N5O2. The third-order valence-corrected chi connectivity index (χ3v) is 8.62. The van der Waals surface area contributed by atoms with Gasteiger partial charge in [-0.3, -0.25) is 14.7 Å². The second-order valence-corrected chi connectivity index (χ2v) is 12.6. The van der Waals surface area contributed by atoms with Crippen LogP contribution in [0.1, 0.15) is 122 Å². The second kappa shape index (κ2) is 26.1. The molecule has 4 N–H and O–H groups in total. The van der Waals surface area contributed by atoms with Gasteiger partial charge in [0.05, 0.1) is 19.3 Å². The number of aryl methyl sites for hydroxylation is 1. The molecular weight excluding hydrogens is 619 g/mol. The zero-order valence-corrected chi connectivity index (χ0v) is 32.6. The Bertz CT molecular complexity index is 1380.